The first-order valence-electron chi connectivity index (χ1n) is 6.04. The number of unbranched alkanes of at least 4 members (excludes halogenated alkanes) is 1. The molecule has 1 radical (unpaired) electrons. The van der Waals surface area contributed by atoms with E-state index in [1.165, 1.54) is 0 Å². The number of rotatable bonds is 4. The lowest BCUT2D eigenvalue weighted by Gasteiger charge is -2.01. The SMILES string of the molecule is [CH2]CCCC(=O)c1ccc2c(c1)n(C)c(=O)n2C. The van der Waals surface area contributed by atoms with Crippen LogP contribution in [0.1, 0.15) is 29.6 Å². The number of ketones is 1. The third-order valence-electron chi connectivity index (χ3n) is 3.25. The topological polar surface area (TPSA) is 44.0 Å². The van der Waals surface area contributed by atoms with Gasteiger partial charge in [0.2, 0.25) is 0 Å². The largest absolute Gasteiger partial charge is 0.328 e. The van der Waals surface area contributed by atoms with Crippen LogP contribution in [0.15, 0.2) is 23.0 Å². The van der Waals surface area contributed by atoms with Crippen LogP contribution in [0, 0.1) is 6.92 Å². The van der Waals surface area contributed by atoms with E-state index in [9.17, 15) is 9.59 Å². The maximum absolute atomic E-state index is 11.9. The lowest BCUT2D eigenvalue weighted by atomic mass is 10.1. The van der Waals surface area contributed by atoms with Crippen LogP contribution in [0.4, 0.5) is 0 Å². The molecule has 0 spiro atoms. The molecule has 0 amide bonds. The van der Waals surface area contributed by atoms with Gasteiger partial charge in [0.1, 0.15) is 0 Å². The maximum Gasteiger partial charge on any atom is 0.328 e. The van der Waals surface area contributed by atoms with E-state index in [1.54, 1.807) is 35.4 Å². The summed E-state index contributed by atoms with van der Waals surface area (Å²) in [7, 11) is 3.45. The Labute approximate surface area is 106 Å². The standard InChI is InChI=1S/C14H17N2O2/c1-4-5-6-13(17)10-7-8-11-12(9-10)16(3)14(18)15(11)2/h7-9H,1,4-6H2,2-3H3. The van der Waals surface area contributed by atoms with Gasteiger partial charge in [-0.1, -0.05) is 13.3 Å². The zero-order valence-electron chi connectivity index (χ0n) is 10.8. The zero-order chi connectivity index (χ0) is 13.3. The Morgan fingerprint density at radius 3 is 2.56 bits per heavy atom. The van der Waals surface area contributed by atoms with Gasteiger partial charge in [0.15, 0.2) is 5.78 Å². The Balaban J connectivity index is 2.48. The van der Waals surface area contributed by atoms with Crippen LogP contribution in [-0.2, 0) is 14.1 Å². The molecule has 0 fully saturated rings. The second kappa shape index (κ2) is 4.80. The van der Waals surface area contributed by atoms with Gasteiger partial charge >= 0.3 is 5.69 Å². The first-order valence-corrected chi connectivity index (χ1v) is 6.04. The number of carbonyl (C=O) groups excluding carboxylic acids is 1. The van der Waals surface area contributed by atoms with E-state index in [-0.39, 0.29) is 11.5 Å². The highest BCUT2D eigenvalue weighted by molar-refractivity contribution is 5.98. The van der Waals surface area contributed by atoms with Gasteiger partial charge in [-0.25, -0.2) is 4.79 Å². The predicted molar refractivity (Wildman–Crippen MR) is 71.7 cm³/mol. The van der Waals surface area contributed by atoms with E-state index < -0.39 is 0 Å². The van der Waals surface area contributed by atoms with Crippen molar-refractivity contribution < 1.29 is 4.79 Å². The highest BCUT2D eigenvalue weighted by atomic mass is 16.1. The van der Waals surface area contributed by atoms with Gasteiger partial charge in [-0.2, -0.15) is 0 Å². The lowest BCUT2D eigenvalue weighted by Crippen LogP contribution is -2.19. The smallest absolute Gasteiger partial charge is 0.295 e. The third-order valence-corrected chi connectivity index (χ3v) is 3.25. The molecule has 1 aromatic carbocycles. The van der Waals surface area contributed by atoms with E-state index in [4.69, 9.17) is 0 Å². The minimum atomic E-state index is -0.0765. The van der Waals surface area contributed by atoms with Crippen LogP contribution in [-0.4, -0.2) is 14.9 Å². The summed E-state index contributed by atoms with van der Waals surface area (Å²) in [5.74, 6) is 0.108. The number of nitrogens with zero attached hydrogens (tertiary/aromatic N) is 2. The number of fused-ring (bicyclic) bond motifs is 1. The summed E-state index contributed by atoms with van der Waals surface area (Å²) < 4.78 is 3.15. The van der Waals surface area contributed by atoms with Crippen molar-refractivity contribution in [2.45, 2.75) is 19.3 Å². The number of carbonyl (C=O) groups is 1. The molecular formula is C14H17N2O2. The summed E-state index contributed by atoms with van der Waals surface area (Å²) in [6.07, 6.45) is 2.07. The Hall–Kier alpha value is -1.84. The molecule has 0 saturated heterocycles. The minimum Gasteiger partial charge on any atom is -0.295 e. The normalized spacial score (nSPS) is 11.1. The average molecular weight is 245 g/mol. The van der Waals surface area contributed by atoms with E-state index >= 15 is 0 Å². The molecule has 1 aromatic heterocycles. The molecular weight excluding hydrogens is 228 g/mol. The number of hydrogen-bond acceptors (Lipinski definition) is 2. The van der Waals surface area contributed by atoms with E-state index in [0.29, 0.717) is 12.0 Å². The molecule has 0 saturated carbocycles. The molecule has 4 heteroatoms. The lowest BCUT2D eigenvalue weighted by molar-refractivity contribution is 0.0980. The Morgan fingerprint density at radius 2 is 1.89 bits per heavy atom. The van der Waals surface area contributed by atoms with E-state index in [0.717, 1.165) is 23.9 Å². The van der Waals surface area contributed by atoms with Crippen molar-refractivity contribution in [3.05, 3.63) is 41.2 Å². The second-order valence-corrected chi connectivity index (χ2v) is 4.48. The molecule has 18 heavy (non-hydrogen) atoms. The van der Waals surface area contributed by atoms with Crippen LogP contribution in [0.2, 0.25) is 0 Å². The molecule has 0 aliphatic rings. The fraction of sp³-hybridized carbons (Fsp3) is 0.357. The molecule has 0 unspecified atom stereocenters. The van der Waals surface area contributed by atoms with Crippen molar-refractivity contribution >= 4 is 16.8 Å². The molecule has 2 rings (SSSR count). The Bertz CT molecular complexity index is 650. The van der Waals surface area contributed by atoms with Crippen molar-refractivity contribution in [1.29, 1.82) is 0 Å². The number of hydrogen-bond donors (Lipinski definition) is 0. The summed E-state index contributed by atoms with van der Waals surface area (Å²) in [6, 6.07) is 5.41. The monoisotopic (exact) mass is 245 g/mol. The first-order chi connectivity index (χ1) is 8.56. The number of benzene rings is 1. The fourth-order valence-corrected chi connectivity index (χ4v) is 2.11. The summed E-state index contributed by atoms with van der Waals surface area (Å²) >= 11 is 0. The first kappa shape index (κ1) is 12.6. The number of aromatic nitrogens is 2. The fourth-order valence-electron chi connectivity index (χ4n) is 2.11. The number of Topliss-reactive ketones (excluding diaryl/α,β-unsaturated/α-hetero) is 1. The van der Waals surface area contributed by atoms with Gasteiger partial charge in [-0.3, -0.25) is 13.9 Å². The van der Waals surface area contributed by atoms with E-state index in [1.807, 2.05) is 6.07 Å². The molecule has 0 bridgehead atoms. The zero-order valence-corrected chi connectivity index (χ0v) is 10.8. The van der Waals surface area contributed by atoms with Gasteiger partial charge in [-0.15, -0.1) is 0 Å². The quantitative estimate of drug-likeness (QED) is 0.774. The van der Waals surface area contributed by atoms with Gasteiger partial charge in [0, 0.05) is 26.1 Å². The predicted octanol–water partition coefficient (Wildman–Crippen LogP) is 2.06. The molecule has 0 aliphatic heterocycles. The van der Waals surface area contributed by atoms with Crippen molar-refractivity contribution in [3.63, 3.8) is 0 Å². The average Bonchev–Trinajstić information content (AvgIpc) is 2.61. The van der Waals surface area contributed by atoms with Crippen molar-refractivity contribution in [1.82, 2.24) is 9.13 Å². The van der Waals surface area contributed by atoms with Crippen LogP contribution in [0.5, 0.6) is 0 Å². The van der Waals surface area contributed by atoms with Crippen LogP contribution < -0.4 is 5.69 Å². The Morgan fingerprint density at radius 1 is 1.22 bits per heavy atom. The van der Waals surface area contributed by atoms with Crippen molar-refractivity contribution in [2.24, 2.45) is 14.1 Å². The number of imidazole rings is 1. The molecule has 0 atom stereocenters. The minimum absolute atomic E-state index is 0.0765. The van der Waals surface area contributed by atoms with Crippen LogP contribution in [0.3, 0.4) is 0 Å². The van der Waals surface area contributed by atoms with Crippen molar-refractivity contribution in [3.8, 4) is 0 Å². The van der Waals surface area contributed by atoms with Gasteiger partial charge in [0.05, 0.1) is 11.0 Å². The summed E-state index contributed by atoms with van der Waals surface area (Å²) in [5, 5.41) is 0. The van der Waals surface area contributed by atoms with Crippen LogP contribution >= 0.6 is 0 Å². The summed E-state index contributed by atoms with van der Waals surface area (Å²) in [4.78, 5) is 23.7. The molecule has 0 N–H and O–H groups in total. The van der Waals surface area contributed by atoms with Gasteiger partial charge in [-0.05, 0) is 24.6 Å². The third kappa shape index (κ3) is 1.98. The van der Waals surface area contributed by atoms with Gasteiger partial charge < -0.3 is 0 Å². The van der Waals surface area contributed by atoms with Crippen molar-refractivity contribution in [2.75, 3.05) is 0 Å². The second-order valence-electron chi connectivity index (χ2n) is 4.48. The highest BCUT2D eigenvalue weighted by Crippen LogP contribution is 2.16. The highest BCUT2D eigenvalue weighted by Gasteiger charge is 2.11. The maximum atomic E-state index is 11.9. The number of aryl methyl sites for hydroxylation is 2. The summed E-state index contributed by atoms with van der Waals surface area (Å²) in [5.41, 5.74) is 2.23. The van der Waals surface area contributed by atoms with Crippen LogP contribution in [0.25, 0.3) is 11.0 Å². The van der Waals surface area contributed by atoms with Gasteiger partial charge in [0.25, 0.3) is 0 Å². The van der Waals surface area contributed by atoms with E-state index in [2.05, 4.69) is 6.92 Å². The molecule has 4 nitrogen and oxygen atoms in total. The Kier molecular flexibility index (Phi) is 3.36. The summed E-state index contributed by atoms with van der Waals surface area (Å²) in [6.45, 7) is 3.73. The molecule has 95 valence electrons. The molecule has 0 aliphatic carbocycles. The molecule has 1 heterocycles. The molecule has 2 aromatic rings.